The third kappa shape index (κ3) is 3.16. The molecule has 0 radical (unpaired) electrons. The first-order valence-electron chi connectivity index (χ1n) is 8.95. The van der Waals surface area contributed by atoms with Crippen LogP contribution in [0.5, 0.6) is 11.5 Å². The summed E-state index contributed by atoms with van der Waals surface area (Å²) in [5.74, 6) is 2.82. The Balaban J connectivity index is 1.81. The van der Waals surface area contributed by atoms with Gasteiger partial charge in [0.2, 0.25) is 5.95 Å². The molecular formula is C20H23N5O2. The van der Waals surface area contributed by atoms with Crippen molar-refractivity contribution in [3.05, 3.63) is 48.0 Å². The first-order chi connectivity index (χ1) is 13.1. The van der Waals surface area contributed by atoms with E-state index >= 15 is 0 Å². The van der Waals surface area contributed by atoms with Crippen molar-refractivity contribution in [1.29, 1.82) is 0 Å². The van der Waals surface area contributed by atoms with E-state index in [-0.39, 0.29) is 6.17 Å². The number of methoxy groups -OCH3 is 1. The van der Waals surface area contributed by atoms with Crippen molar-refractivity contribution in [2.24, 2.45) is 16.6 Å². The quantitative estimate of drug-likeness (QED) is 0.724. The van der Waals surface area contributed by atoms with Gasteiger partial charge >= 0.3 is 0 Å². The van der Waals surface area contributed by atoms with Gasteiger partial charge in [-0.25, -0.2) is 9.98 Å². The molecule has 1 aromatic heterocycles. The predicted octanol–water partition coefficient (Wildman–Crippen LogP) is 3.37. The molecule has 0 unspecified atom stereocenters. The summed E-state index contributed by atoms with van der Waals surface area (Å²) in [5.41, 5.74) is 8.85. The Morgan fingerprint density at radius 3 is 2.78 bits per heavy atom. The van der Waals surface area contributed by atoms with Gasteiger partial charge in [0.1, 0.15) is 0 Å². The van der Waals surface area contributed by atoms with Crippen molar-refractivity contribution >= 4 is 22.9 Å². The summed E-state index contributed by atoms with van der Waals surface area (Å²) < 4.78 is 13.4. The van der Waals surface area contributed by atoms with Crippen LogP contribution in [0.15, 0.2) is 47.5 Å². The van der Waals surface area contributed by atoms with Crippen LogP contribution in [0.1, 0.15) is 25.6 Å². The summed E-state index contributed by atoms with van der Waals surface area (Å²) >= 11 is 0. The number of anilines is 1. The first-order valence-corrected chi connectivity index (χ1v) is 8.95. The Morgan fingerprint density at radius 2 is 2.00 bits per heavy atom. The number of hydrogen-bond acceptors (Lipinski definition) is 6. The summed E-state index contributed by atoms with van der Waals surface area (Å²) in [7, 11) is 1.64. The standard InChI is InChI=1S/C20H23N5O2/c1-12(2)11-27-17-10-13(8-9-16(17)26-3)18-23-19(21)24-20-22-14-6-4-5-7-15(14)25(18)20/h4-10,12,18H,11H2,1-3H3,(H3,21,22,23,24)/t18-/m1/s1. The maximum absolute atomic E-state index is 6.02. The van der Waals surface area contributed by atoms with E-state index in [4.69, 9.17) is 15.2 Å². The van der Waals surface area contributed by atoms with E-state index in [9.17, 15) is 0 Å². The molecule has 0 spiro atoms. The fourth-order valence-corrected chi connectivity index (χ4v) is 3.16. The predicted molar refractivity (Wildman–Crippen MR) is 106 cm³/mol. The highest BCUT2D eigenvalue weighted by Gasteiger charge is 2.26. The molecule has 0 bridgehead atoms. The Hall–Kier alpha value is -3.22. The second-order valence-electron chi connectivity index (χ2n) is 6.92. The van der Waals surface area contributed by atoms with Crippen molar-refractivity contribution in [3.8, 4) is 11.5 Å². The highest BCUT2D eigenvalue weighted by atomic mass is 16.5. The van der Waals surface area contributed by atoms with Crippen LogP contribution in [0.25, 0.3) is 11.0 Å². The van der Waals surface area contributed by atoms with Gasteiger partial charge in [-0.05, 0) is 30.2 Å². The Bertz CT molecular complexity index is 1010. The molecule has 1 aliphatic heterocycles. The molecule has 0 aliphatic carbocycles. The van der Waals surface area contributed by atoms with Crippen molar-refractivity contribution < 1.29 is 9.47 Å². The van der Waals surface area contributed by atoms with Gasteiger partial charge in [0, 0.05) is 5.56 Å². The molecule has 0 amide bonds. The summed E-state index contributed by atoms with van der Waals surface area (Å²) in [6.45, 7) is 4.83. The fourth-order valence-electron chi connectivity index (χ4n) is 3.16. The lowest BCUT2D eigenvalue weighted by atomic mass is 10.1. The number of nitrogens with one attached hydrogen (secondary N) is 1. The van der Waals surface area contributed by atoms with Crippen molar-refractivity contribution in [1.82, 2.24) is 9.55 Å². The van der Waals surface area contributed by atoms with Gasteiger partial charge in [-0.1, -0.05) is 32.0 Å². The lowest BCUT2D eigenvalue weighted by molar-refractivity contribution is 0.256. The van der Waals surface area contributed by atoms with E-state index in [2.05, 4.69) is 29.1 Å². The van der Waals surface area contributed by atoms with Crippen LogP contribution in [0.4, 0.5) is 5.95 Å². The molecule has 2 aromatic carbocycles. The number of ether oxygens (including phenoxy) is 2. The molecule has 4 rings (SSSR count). The number of benzene rings is 2. The normalized spacial score (nSPS) is 16.0. The van der Waals surface area contributed by atoms with E-state index in [1.165, 1.54) is 0 Å². The number of fused-ring (bicyclic) bond motifs is 3. The van der Waals surface area contributed by atoms with E-state index in [0.29, 0.717) is 35.9 Å². The zero-order valence-corrected chi connectivity index (χ0v) is 15.6. The van der Waals surface area contributed by atoms with E-state index in [1.807, 2.05) is 47.0 Å². The number of aromatic nitrogens is 2. The van der Waals surface area contributed by atoms with E-state index in [1.54, 1.807) is 7.11 Å². The summed E-state index contributed by atoms with van der Waals surface area (Å²) in [4.78, 5) is 9.25. The number of nitrogens with zero attached hydrogens (tertiary/aromatic N) is 3. The number of para-hydroxylation sites is 2. The molecule has 1 atom stereocenters. The van der Waals surface area contributed by atoms with E-state index < -0.39 is 0 Å². The van der Waals surface area contributed by atoms with Crippen LogP contribution in [-0.2, 0) is 0 Å². The molecular weight excluding hydrogens is 342 g/mol. The fraction of sp³-hybridized carbons (Fsp3) is 0.300. The number of rotatable bonds is 5. The van der Waals surface area contributed by atoms with Crippen molar-refractivity contribution in [2.45, 2.75) is 20.0 Å². The molecule has 140 valence electrons. The minimum atomic E-state index is -0.332. The lowest BCUT2D eigenvalue weighted by Crippen LogP contribution is -2.31. The Labute approximate surface area is 157 Å². The van der Waals surface area contributed by atoms with Gasteiger partial charge in [-0.2, -0.15) is 0 Å². The van der Waals surface area contributed by atoms with Crippen LogP contribution in [-0.4, -0.2) is 29.2 Å². The smallest absolute Gasteiger partial charge is 0.212 e. The molecule has 2 heterocycles. The zero-order chi connectivity index (χ0) is 19.0. The average Bonchev–Trinajstić information content (AvgIpc) is 3.03. The van der Waals surface area contributed by atoms with Crippen LogP contribution in [0.2, 0.25) is 0 Å². The minimum absolute atomic E-state index is 0.332. The second kappa shape index (κ2) is 6.83. The van der Waals surface area contributed by atoms with Crippen LogP contribution in [0, 0.1) is 5.92 Å². The zero-order valence-electron chi connectivity index (χ0n) is 15.6. The molecule has 3 aromatic rings. The average molecular weight is 365 g/mol. The molecule has 3 N–H and O–H groups in total. The van der Waals surface area contributed by atoms with Gasteiger partial charge in [-0.3, -0.25) is 9.88 Å². The third-order valence-corrected chi connectivity index (χ3v) is 4.40. The maximum Gasteiger partial charge on any atom is 0.212 e. The van der Waals surface area contributed by atoms with Crippen LogP contribution in [0.3, 0.4) is 0 Å². The van der Waals surface area contributed by atoms with Gasteiger partial charge in [-0.15, -0.1) is 0 Å². The molecule has 0 saturated carbocycles. The summed E-state index contributed by atoms with van der Waals surface area (Å²) in [6.07, 6.45) is -0.332. The number of imidazole rings is 1. The monoisotopic (exact) mass is 365 g/mol. The van der Waals surface area contributed by atoms with Gasteiger partial charge in [0.25, 0.3) is 0 Å². The van der Waals surface area contributed by atoms with Crippen molar-refractivity contribution in [3.63, 3.8) is 0 Å². The van der Waals surface area contributed by atoms with Crippen molar-refractivity contribution in [2.75, 3.05) is 19.0 Å². The van der Waals surface area contributed by atoms with Crippen LogP contribution < -0.4 is 20.5 Å². The topological polar surface area (TPSA) is 86.7 Å². The van der Waals surface area contributed by atoms with E-state index in [0.717, 1.165) is 16.6 Å². The lowest BCUT2D eigenvalue weighted by Gasteiger charge is -2.24. The molecule has 27 heavy (non-hydrogen) atoms. The summed E-state index contributed by atoms with van der Waals surface area (Å²) in [5, 5.41) is 3.05. The molecule has 7 nitrogen and oxygen atoms in total. The Kier molecular flexibility index (Phi) is 4.35. The number of aliphatic imine (C=N–C) groups is 1. The van der Waals surface area contributed by atoms with Gasteiger partial charge in [0.15, 0.2) is 23.6 Å². The highest BCUT2D eigenvalue weighted by molar-refractivity contribution is 5.94. The SMILES string of the molecule is COc1ccc([C@@H]2N=C(N)Nc3nc4ccccc4n32)cc1OCC(C)C. The second-order valence-corrected chi connectivity index (χ2v) is 6.92. The molecule has 1 aliphatic rings. The maximum atomic E-state index is 6.02. The number of guanidine groups is 1. The minimum Gasteiger partial charge on any atom is -0.493 e. The highest BCUT2D eigenvalue weighted by Crippen LogP contribution is 2.36. The Morgan fingerprint density at radius 1 is 1.19 bits per heavy atom. The summed E-state index contributed by atoms with van der Waals surface area (Å²) in [6, 6.07) is 13.8. The van der Waals surface area contributed by atoms with Crippen LogP contribution >= 0.6 is 0 Å². The van der Waals surface area contributed by atoms with Gasteiger partial charge < -0.3 is 15.2 Å². The largest absolute Gasteiger partial charge is 0.493 e. The first kappa shape index (κ1) is 17.2. The number of hydrogen-bond donors (Lipinski definition) is 2. The molecule has 7 heteroatoms. The molecule has 0 fully saturated rings. The number of nitrogens with two attached hydrogens (primary N) is 1. The van der Waals surface area contributed by atoms with Gasteiger partial charge in [0.05, 0.1) is 24.8 Å². The molecule has 0 saturated heterocycles. The third-order valence-electron chi connectivity index (χ3n) is 4.40.